The highest BCUT2D eigenvalue weighted by Crippen LogP contribution is 2.32. The maximum atomic E-state index is 13.9. The Hall–Kier alpha value is -2.77. The number of rotatable bonds is 4. The first kappa shape index (κ1) is 26.8. The van der Waals surface area contributed by atoms with Gasteiger partial charge >= 0.3 is 0 Å². The van der Waals surface area contributed by atoms with Crippen LogP contribution >= 0.6 is 0 Å². The first-order valence-corrected chi connectivity index (χ1v) is 14.5. The number of para-hydroxylation sites is 1. The van der Waals surface area contributed by atoms with Crippen LogP contribution in [0.4, 0.5) is 5.69 Å². The smallest absolute Gasteiger partial charge is 0.223 e. The molecule has 1 aromatic heterocycles. The quantitative estimate of drug-likeness (QED) is 0.605. The normalized spacial score (nSPS) is 23.9. The molecule has 3 aliphatic rings. The van der Waals surface area contributed by atoms with Crippen molar-refractivity contribution >= 4 is 17.5 Å². The Morgan fingerprint density at radius 3 is 2.45 bits per heavy atom. The zero-order valence-electron chi connectivity index (χ0n) is 23.1. The number of piperidine rings is 2. The van der Waals surface area contributed by atoms with Crippen LogP contribution in [-0.4, -0.2) is 76.8 Å². The lowest BCUT2D eigenvalue weighted by atomic mass is 9.91. The van der Waals surface area contributed by atoms with Crippen LogP contribution in [0, 0.1) is 5.92 Å². The molecule has 0 spiro atoms. The van der Waals surface area contributed by atoms with Crippen LogP contribution in [0.2, 0.25) is 0 Å². The Labute approximate surface area is 227 Å². The van der Waals surface area contributed by atoms with Gasteiger partial charge in [-0.15, -0.1) is 0 Å². The third kappa shape index (κ3) is 6.44. The average molecular weight is 518 g/mol. The van der Waals surface area contributed by atoms with Gasteiger partial charge in [0.1, 0.15) is 0 Å². The van der Waals surface area contributed by atoms with Crippen LogP contribution in [0.5, 0.6) is 0 Å². The van der Waals surface area contributed by atoms with Gasteiger partial charge < -0.3 is 14.7 Å². The van der Waals surface area contributed by atoms with Crippen LogP contribution < -0.4 is 4.90 Å². The lowest BCUT2D eigenvalue weighted by molar-refractivity contribution is -0.134. The summed E-state index contributed by atoms with van der Waals surface area (Å²) in [5.74, 6) is 0.761. The SMILES string of the molecule is CC(=O)N1CCC2CCCC(CN(C(=O)CC3CCN(C)CC3)Cc3ccccc31)N2Cc1ccccn1. The lowest BCUT2D eigenvalue weighted by Crippen LogP contribution is -2.52. The van der Waals surface area contributed by atoms with E-state index in [0.29, 0.717) is 31.5 Å². The maximum absolute atomic E-state index is 13.9. The molecule has 2 saturated heterocycles. The van der Waals surface area contributed by atoms with Gasteiger partial charge in [0.25, 0.3) is 0 Å². The number of fused-ring (bicyclic) bond motifs is 3. The molecule has 2 bridgehead atoms. The number of amides is 2. The van der Waals surface area contributed by atoms with E-state index in [9.17, 15) is 9.59 Å². The highest BCUT2D eigenvalue weighted by molar-refractivity contribution is 5.92. The van der Waals surface area contributed by atoms with Crippen LogP contribution in [0.3, 0.4) is 0 Å². The number of nitrogens with zero attached hydrogens (tertiary/aromatic N) is 5. The van der Waals surface area contributed by atoms with E-state index < -0.39 is 0 Å². The number of carbonyl (C=O) groups is 2. The monoisotopic (exact) mass is 517 g/mol. The number of aromatic nitrogens is 1. The molecule has 4 heterocycles. The van der Waals surface area contributed by atoms with E-state index in [0.717, 1.165) is 81.6 Å². The Morgan fingerprint density at radius 2 is 1.68 bits per heavy atom. The van der Waals surface area contributed by atoms with Gasteiger partial charge in [-0.3, -0.25) is 19.5 Å². The number of hydrogen-bond acceptors (Lipinski definition) is 5. The van der Waals surface area contributed by atoms with Crippen LogP contribution in [0.25, 0.3) is 0 Å². The fourth-order valence-corrected chi connectivity index (χ4v) is 6.65. The summed E-state index contributed by atoms with van der Waals surface area (Å²) in [5.41, 5.74) is 3.08. The van der Waals surface area contributed by atoms with E-state index in [1.807, 2.05) is 35.4 Å². The predicted molar refractivity (Wildman–Crippen MR) is 151 cm³/mol. The summed E-state index contributed by atoms with van der Waals surface area (Å²) in [6, 6.07) is 14.9. The Bertz CT molecular complexity index is 1080. The fraction of sp³-hybridized carbons (Fsp3) is 0.581. The molecule has 2 aromatic rings. The standard InChI is InChI=1S/C31H43N5O2/c1-24(37)35-19-15-28-10-7-11-29(36(28)22-27-9-5-6-16-32-27)23-34(21-26-8-3-4-12-30(26)35)31(38)20-25-13-17-33(2)18-14-25/h3-6,8-9,12,16,25,28-29H,7,10-11,13-15,17-23H2,1-2H3. The Balaban J connectivity index is 1.47. The third-order valence-electron chi connectivity index (χ3n) is 8.88. The van der Waals surface area contributed by atoms with Gasteiger partial charge in [-0.25, -0.2) is 0 Å². The molecule has 7 heteroatoms. The highest BCUT2D eigenvalue weighted by atomic mass is 16.2. The predicted octanol–water partition coefficient (Wildman–Crippen LogP) is 4.32. The van der Waals surface area contributed by atoms with Gasteiger partial charge in [0.2, 0.25) is 11.8 Å². The Kier molecular flexibility index (Phi) is 8.75. The van der Waals surface area contributed by atoms with Gasteiger partial charge in [0.15, 0.2) is 0 Å². The molecule has 0 N–H and O–H groups in total. The van der Waals surface area contributed by atoms with Crippen molar-refractivity contribution in [3.05, 3.63) is 59.9 Å². The second-order valence-corrected chi connectivity index (χ2v) is 11.5. The molecule has 1 aromatic carbocycles. The number of likely N-dealkylation sites (tertiary alicyclic amines) is 1. The van der Waals surface area contributed by atoms with Crippen molar-refractivity contribution in [2.24, 2.45) is 5.92 Å². The molecule has 38 heavy (non-hydrogen) atoms. The van der Waals surface area contributed by atoms with Crippen LogP contribution in [0.15, 0.2) is 48.7 Å². The highest BCUT2D eigenvalue weighted by Gasteiger charge is 2.35. The number of carbonyl (C=O) groups excluding carboxylic acids is 2. The summed E-state index contributed by atoms with van der Waals surface area (Å²) in [4.78, 5) is 40.5. The van der Waals surface area contributed by atoms with Crippen LogP contribution in [-0.2, 0) is 22.7 Å². The second kappa shape index (κ2) is 12.4. The van der Waals surface area contributed by atoms with Crippen molar-refractivity contribution in [2.75, 3.05) is 38.1 Å². The molecule has 5 rings (SSSR count). The van der Waals surface area contributed by atoms with Crippen LogP contribution in [0.1, 0.15) is 63.1 Å². The first-order chi connectivity index (χ1) is 18.5. The van der Waals surface area contributed by atoms with Crippen molar-refractivity contribution in [2.45, 2.75) is 77.0 Å². The zero-order chi connectivity index (χ0) is 26.5. The minimum absolute atomic E-state index is 0.0598. The van der Waals surface area contributed by atoms with Gasteiger partial charge in [-0.2, -0.15) is 0 Å². The van der Waals surface area contributed by atoms with Gasteiger partial charge in [-0.1, -0.05) is 30.7 Å². The summed E-state index contributed by atoms with van der Waals surface area (Å²) < 4.78 is 0. The summed E-state index contributed by atoms with van der Waals surface area (Å²) in [7, 11) is 2.17. The molecule has 0 aliphatic carbocycles. The molecular formula is C31H43N5O2. The average Bonchev–Trinajstić information content (AvgIpc) is 2.93. The zero-order valence-corrected chi connectivity index (χ0v) is 23.1. The number of pyridine rings is 1. The maximum Gasteiger partial charge on any atom is 0.223 e. The van der Waals surface area contributed by atoms with Gasteiger partial charge in [0, 0.05) is 63.5 Å². The largest absolute Gasteiger partial charge is 0.337 e. The van der Waals surface area contributed by atoms with E-state index in [1.54, 1.807) is 6.92 Å². The molecule has 204 valence electrons. The minimum Gasteiger partial charge on any atom is -0.337 e. The van der Waals surface area contributed by atoms with E-state index in [1.165, 1.54) is 0 Å². The van der Waals surface area contributed by atoms with E-state index in [2.05, 4.69) is 44.9 Å². The second-order valence-electron chi connectivity index (χ2n) is 11.5. The number of anilines is 1. The molecule has 3 aliphatic heterocycles. The van der Waals surface area contributed by atoms with Crippen molar-refractivity contribution in [1.29, 1.82) is 0 Å². The molecular weight excluding hydrogens is 474 g/mol. The van der Waals surface area contributed by atoms with Crippen molar-refractivity contribution in [1.82, 2.24) is 19.7 Å². The minimum atomic E-state index is 0.0598. The van der Waals surface area contributed by atoms with E-state index >= 15 is 0 Å². The fourth-order valence-electron chi connectivity index (χ4n) is 6.65. The van der Waals surface area contributed by atoms with Crippen molar-refractivity contribution < 1.29 is 9.59 Å². The van der Waals surface area contributed by atoms with E-state index in [-0.39, 0.29) is 17.9 Å². The lowest BCUT2D eigenvalue weighted by Gasteiger charge is -2.44. The summed E-state index contributed by atoms with van der Waals surface area (Å²) in [6.07, 6.45) is 8.91. The number of hydrogen-bond donors (Lipinski definition) is 0. The Morgan fingerprint density at radius 1 is 0.921 bits per heavy atom. The van der Waals surface area contributed by atoms with E-state index in [4.69, 9.17) is 0 Å². The summed E-state index contributed by atoms with van der Waals surface area (Å²) in [5, 5.41) is 0. The van der Waals surface area contributed by atoms with Crippen molar-refractivity contribution in [3.8, 4) is 0 Å². The third-order valence-corrected chi connectivity index (χ3v) is 8.88. The molecule has 2 amide bonds. The first-order valence-electron chi connectivity index (χ1n) is 14.5. The molecule has 2 unspecified atom stereocenters. The summed E-state index contributed by atoms with van der Waals surface area (Å²) in [6.45, 7) is 6.53. The molecule has 7 nitrogen and oxygen atoms in total. The van der Waals surface area contributed by atoms with Gasteiger partial charge in [-0.05, 0) is 81.9 Å². The number of benzene rings is 1. The molecule has 2 fully saturated rings. The topological polar surface area (TPSA) is 60.0 Å². The van der Waals surface area contributed by atoms with Crippen molar-refractivity contribution in [3.63, 3.8) is 0 Å². The molecule has 2 atom stereocenters. The summed E-state index contributed by atoms with van der Waals surface area (Å²) >= 11 is 0. The van der Waals surface area contributed by atoms with Gasteiger partial charge in [0.05, 0.1) is 5.69 Å². The molecule has 0 radical (unpaired) electrons. The molecule has 0 saturated carbocycles.